The van der Waals surface area contributed by atoms with Crippen LogP contribution in [-0.4, -0.2) is 47.1 Å². The summed E-state index contributed by atoms with van der Waals surface area (Å²) in [6.45, 7) is 1.21. The minimum absolute atomic E-state index is 0.461. The van der Waals surface area contributed by atoms with Gasteiger partial charge in [0, 0.05) is 13.7 Å². The predicted molar refractivity (Wildman–Crippen MR) is 86.0 cm³/mol. The van der Waals surface area contributed by atoms with Gasteiger partial charge in [0.1, 0.15) is 6.54 Å². The highest BCUT2D eigenvalue weighted by atomic mass is 32.2. The van der Waals surface area contributed by atoms with Crippen LogP contribution < -0.4 is 5.32 Å². The number of nitrogens with zero attached hydrogens (tertiary/aromatic N) is 2. The number of hydrogen-bond donors (Lipinski definition) is 1. The van der Waals surface area contributed by atoms with E-state index in [1.165, 1.54) is 0 Å². The Kier molecular flexibility index (Phi) is 6.11. The normalized spacial score (nSPS) is 13.2. The number of para-hydroxylation sites is 2. The van der Waals surface area contributed by atoms with Gasteiger partial charge in [0.15, 0.2) is 5.16 Å². The number of halogens is 3. The van der Waals surface area contributed by atoms with Crippen molar-refractivity contribution in [2.24, 2.45) is 0 Å². The SMILES string of the molecule is COCCn1c(SC(C)C(=O)NCC(F)(F)F)nc2ccccc21. The first-order chi connectivity index (χ1) is 11.3. The Bertz CT molecular complexity index is 703. The fourth-order valence-corrected chi connectivity index (χ4v) is 3.06. The minimum Gasteiger partial charge on any atom is -0.383 e. The third kappa shape index (κ3) is 4.88. The number of aromatic nitrogens is 2. The molecular weight excluding hydrogens is 343 g/mol. The van der Waals surface area contributed by atoms with Crippen LogP contribution in [-0.2, 0) is 16.1 Å². The molecule has 1 N–H and O–H groups in total. The fourth-order valence-electron chi connectivity index (χ4n) is 2.08. The number of hydrogen-bond acceptors (Lipinski definition) is 4. The molecule has 2 aromatic rings. The van der Waals surface area contributed by atoms with Crippen LogP contribution in [0.1, 0.15) is 6.92 Å². The molecule has 24 heavy (non-hydrogen) atoms. The van der Waals surface area contributed by atoms with E-state index in [9.17, 15) is 18.0 Å². The van der Waals surface area contributed by atoms with Crippen molar-refractivity contribution in [1.29, 1.82) is 0 Å². The molecule has 0 bridgehead atoms. The maximum atomic E-state index is 12.2. The van der Waals surface area contributed by atoms with E-state index in [1.807, 2.05) is 34.1 Å². The zero-order valence-corrected chi connectivity index (χ0v) is 14.1. The monoisotopic (exact) mass is 361 g/mol. The maximum absolute atomic E-state index is 12.2. The van der Waals surface area contributed by atoms with Crippen molar-refractivity contribution in [2.45, 2.75) is 30.1 Å². The number of benzene rings is 1. The van der Waals surface area contributed by atoms with Gasteiger partial charge in [0.2, 0.25) is 5.91 Å². The van der Waals surface area contributed by atoms with Crippen LogP contribution in [0.2, 0.25) is 0 Å². The standard InChI is InChI=1S/C15H18F3N3O2S/c1-10(13(22)19-9-15(16,17)18)24-14-20-11-5-3-4-6-12(11)21(14)7-8-23-2/h3-6,10H,7-9H2,1-2H3,(H,19,22). The fraction of sp³-hybridized carbons (Fsp3) is 0.467. The molecule has 0 aliphatic carbocycles. The Hall–Kier alpha value is -1.74. The first kappa shape index (κ1) is 18.6. The van der Waals surface area contributed by atoms with E-state index in [1.54, 1.807) is 14.0 Å². The summed E-state index contributed by atoms with van der Waals surface area (Å²) < 4.78 is 43.6. The number of carbonyl (C=O) groups is 1. The molecule has 132 valence electrons. The van der Waals surface area contributed by atoms with Crippen LogP contribution in [0, 0.1) is 0 Å². The van der Waals surface area contributed by atoms with Crippen LogP contribution >= 0.6 is 11.8 Å². The molecule has 1 aromatic heterocycles. The van der Waals surface area contributed by atoms with Crippen molar-refractivity contribution in [3.05, 3.63) is 24.3 Å². The van der Waals surface area contributed by atoms with E-state index < -0.39 is 23.9 Å². The van der Waals surface area contributed by atoms with Crippen molar-refractivity contribution in [2.75, 3.05) is 20.3 Å². The molecule has 1 heterocycles. The molecule has 0 fully saturated rings. The second-order valence-corrected chi connectivity index (χ2v) is 6.43. The van der Waals surface area contributed by atoms with E-state index in [4.69, 9.17) is 4.74 Å². The first-order valence-electron chi connectivity index (χ1n) is 7.27. The number of alkyl halides is 3. The van der Waals surface area contributed by atoms with Crippen LogP contribution in [0.5, 0.6) is 0 Å². The molecule has 1 aromatic carbocycles. The average molecular weight is 361 g/mol. The lowest BCUT2D eigenvalue weighted by atomic mass is 10.3. The van der Waals surface area contributed by atoms with E-state index >= 15 is 0 Å². The summed E-state index contributed by atoms with van der Waals surface area (Å²) in [6, 6.07) is 7.47. The molecular formula is C15H18F3N3O2S. The first-order valence-corrected chi connectivity index (χ1v) is 8.15. The summed E-state index contributed by atoms with van der Waals surface area (Å²) in [5.74, 6) is -0.678. The second kappa shape index (κ2) is 7.89. The molecule has 1 atom stereocenters. The van der Waals surface area contributed by atoms with Crippen molar-refractivity contribution < 1.29 is 22.7 Å². The Morgan fingerprint density at radius 1 is 1.42 bits per heavy atom. The van der Waals surface area contributed by atoms with Crippen molar-refractivity contribution in [1.82, 2.24) is 14.9 Å². The van der Waals surface area contributed by atoms with E-state index in [2.05, 4.69) is 4.98 Å². The van der Waals surface area contributed by atoms with Gasteiger partial charge in [0.25, 0.3) is 0 Å². The van der Waals surface area contributed by atoms with Gasteiger partial charge in [-0.2, -0.15) is 13.2 Å². The Labute approximate surface area is 141 Å². The van der Waals surface area contributed by atoms with Crippen LogP contribution in [0.25, 0.3) is 11.0 Å². The number of nitrogens with one attached hydrogen (secondary N) is 1. The largest absolute Gasteiger partial charge is 0.405 e. The third-order valence-corrected chi connectivity index (χ3v) is 4.34. The van der Waals surface area contributed by atoms with Gasteiger partial charge in [-0.05, 0) is 19.1 Å². The van der Waals surface area contributed by atoms with Gasteiger partial charge in [0.05, 0.1) is 22.9 Å². The predicted octanol–water partition coefficient (Wildman–Crippen LogP) is 2.84. The summed E-state index contributed by atoms with van der Waals surface area (Å²) in [6.07, 6.45) is -4.42. The van der Waals surface area contributed by atoms with Crippen LogP contribution in [0.3, 0.4) is 0 Å². The average Bonchev–Trinajstić information content (AvgIpc) is 2.87. The van der Waals surface area contributed by atoms with Gasteiger partial charge < -0.3 is 14.6 Å². The lowest BCUT2D eigenvalue weighted by molar-refractivity contribution is -0.137. The Morgan fingerprint density at radius 3 is 2.79 bits per heavy atom. The third-order valence-electron chi connectivity index (χ3n) is 3.25. The van der Waals surface area contributed by atoms with E-state index in [0.29, 0.717) is 18.3 Å². The molecule has 0 spiro atoms. The highest BCUT2D eigenvalue weighted by Gasteiger charge is 2.29. The number of ether oxygens (including phenoxy) is 1. The smallest absolute Gasteiger partial charge is 0.383 e. The number of amides is 1. The molecule has 0 radical (unpaired) electrons. The maximum Gasteiger partial charge on any atom is 0.405 e. The summed E-state index contributed by atoms with van der Waals surface area (Å²) in [7, 11) is 1.58. The number of methoxy groups -OCH3 is 1. The second-order valence-electron chi connectivity index (χ2n) is 5.12. The highest BCUT2D eigenvalue weighted by molar-refractivity contribution is 8.00. The number of thioether (sulfide) groups is 1. The Balaban J connectivity index is 2.14. The van der Waals surface area contributed by atoms with Gasteiger partial charge in [-0.1, -0.05) is 23.9 Å². The van der Waals surface area contributed by atoms with E-state index in [-0.39, 0.29) is 0 Å². The number of fused-ring (bicyclic) bond motifs is 1. The lowest BCUT2D eigenvalue weighted by Gasteiger charge is -2.14. The molecule has 0 aliphatic rings. The molecule has 5 nitrogen and oxygen atoms in total. The summed E-state index contributed by atoms with van der Waals surface area (Å²) in [5, 5.41) is 1.76. The molecule has 2 rings (SSSR count). The number of rotatable bonds is 7. The number of carbonyl (C=O) groups excluding carboxylic acids is 1. The summed E-state index contributed by atoms with van der Waals surface area (Å²) >= 11 is 1.12. The van der Waals surface area contributed by atoms with Crippen molar-refractivity contribution in [3.63, 3.8) is 0 Å². The quantitative estimate of drug-likeness (QED) is 0.771. The molecule has 9 heteroatoms. The molecule has 0 aliphatic heterocycles. The highest BCUT2D eigenvalue weighted by Crippen LogP contribution is 2.27. The van der Waals surface area contributed by atoms with Gasteiger partial charge >= 0.3 is 6.18 Å². The van der Waals surface area contributed by atoms with Crippen LogP contribution in [0.15, 0.2) is 29.4 Å². The zero-order valence-electron chi connectivity index (χ0n) is 13.3. The van der Waals surface area contributed by atoms with Crippen molar-refractivity contribution in [3.8, 4) is 0 Å². The lowest BCUT2D eigenvalue weighted by Crippen LogP contribution is -2.38. The van der Waals surface area contributed by atoms with Gasteiger partial charge in [-0.25, -0.2) is 4.98 Å². The minimum atomic E-state index is -4.42. The van der Waals surface area contributed by atoms with Gasteiger partial charge in [-0.15, -0.1) is 0 Å². The zero-order chi connectivity index (χ0) is 17.7. The molecule has 1 unspecified atom stereocenters. The topological polar surface area (TPSA) is 56.1 Å². The van der Waals surface area contributed by atoms with E-state index in [0.717, 1.165) is 22.8 Å². The number of imidazole rings is 1. The Morgan fingerprint density at radius 2 is 2.12 bits per heavy atom. The van der Waals surface area contributed by atoms with Gasteiger partial charge in [-0.3, -0.25) is 4.79 Å². The van der Waals surface area contributed by atoms with Crippen molar-refractivity contribution >= 4 is 28.7 Å². The molecule has 0 saturated heterocycles. The molecule has 0 saturated carbocycles. The molecule has 1 amide bonds. The summed E-state index contributed by atoms with van der Waals surface area (Å²) in [5.41, 5.74) is 1.65. The summed E-state index contributed by atoms with van der Waals surface area (Å²) in [4.78, 5) is 16.3. The van der Waals surface area contributed by atoms with Crippen LogP contribution in [0.4, 0.5) is 13.2 Å².